The first-order valence-corrected chi connectivity index (χ1v) is 5.43. The van der Waals surface area contributed by atoms with Crippen LogP contribution in [0.5, 0.6) is 0 Å². The Hall–Kier alpha value is -0.160. The largest absolute Gasteiger partial charge is 0.383 e. The van der Waals surface area contributed by atoms with Crippen molar-refractivity contribution < 1.29 is 9.47 Å². The maximum Gasteiger partial charge on any atom is 0.0593 e. The molecule has 1 saturated heterocycles. The SMILES string of the molecule is COCCNCCN1CCCOCC1. The van der Waals surface area contributed by atoms with Crippen molar-refractivity contribution in [3.05, 3.63) is 0 Å². The van der Waals surface area contributed by atoms with E-state index in [4.69, 9.17) is 9.47 Å². The van der Waals surface area contributed by atoms with Crippen LogP contribution in [0.4, 0.5) is 0 Å². The summed E-state index contributed by atoms with van der Waals surface area (Å²) in [6.07, 6.45) is 1.16. The Bertz CT molecular complexity index is 125. The molecule has 4 nitrogen and oxygen atoms in total. The Morgan fingerprint density at radius 3 is 3.07 bits per heavy atom. The molecule has 0 unspecified atom stereocenters. The molecular formula is C10H22N2O2. The molecule has 0 aromatic carbocycles. The van der Waals surface area contributed by atoms with Gasteiger partial charge in [-0.1, -0.05) is 0 Å². The minimum atomic E-state index is 0.795. The maximum absolute atomic E-state index is 5.39. The first-order valence-electron chi connectivity index (χ1n) is 5.43. The second kappa shape index (κ2) is 8.17. The van der Waals surface area contributed by atoms with Crippen molar-refractivity contribution in [2.24, 2.45) is 0 Å². The Labute approximate surface area is 86.6 Å². The molecule has 1 N–H and O–H groups in total. The first kappa shape index (κ1) is 11.9. The van der Waals surface area contributed by atoms with Crippen molar-refractivity contribution >= 4 is 0 Å². The molecule has 0 saturated carbocycles. The monoisotopic (exact) mass is 202 g/mol. The van der Waals surface area contributed by atoms with Crippen LogP contribution in [0.3, 0.4) is 0 Å². The van der Waals surface area contributed by atoms with E-state index in [1.807, 2.05) is 0 Å². The number of nitrogens with one attached hydrogen (secondary N) is 1. The normalized spacial score (nSPS) is 19.5. The van der Waals surface area contributed by atoms with Crippen molar-refractivity contribution in [2.45, 2.75) is 6.42 Å². The summed E-state index contributed by atoms with van der Waals surface area (Å²) in [6, 6.07) is 0. The average molecular weight is 202 g/mol. The van der Waals surface area contributed by atoms with Gasteiger partial charge in [-0.25, -0.2) is 0 Å². The van der Waals surface area contributed by atoms with Crippen LogP contribution in [0.2, 0.25) is 0 Å². The van der Waals surface area contributed by atoms with Gasteiger partial charge in [0, 0.05) is 46.4 Å². The third kappa shape index (κ3) is 5.54. The van der Waals surface area contributed by atoms with Crippen LogP contribution < -0.4 is 5.32 Å². The van der Waals surface area contributed by atoms with Gasteiger partial charge in [-0.2, -0.15) is 0 Å². The van der Waals surface area contributed by atoms with Crippen molar-refractivity contribution in [3.8, 4) is 0 Å². The number of ether oxygens (including phenoxy) is 2. The maximum atomic E-state index is 5.39. The molecule has 1 aliphatic rings. The lowest BCUT2D eigenvalue weighted by Crippen LogP contribution is -2.34. The first-order chi connectivity index (χ1) is 6.93. The van der Waals surface area contributed by atoms with Crippen molar-refractivity contribution in [2.75, 3.05) is 59.7 Å². The minimum Gasteiger partial charge on any atom is -0.383 e. The predicted molar refractivity (Wildman–Crippen MR) is 56.6 cm³/mol. The number of hydrogen-bond donors (Lipinski definition) is 1. The number of hydrogen-bond acceptors (Lipinski definition) is 4. The van der Waals surface area contributed by atoms with Crippen LogP contribution in [0.15, 0.2) is 0 Å². The summed E-state index contributed by atoms with van der Waals surface area (Å²) in [5, 5.41) is 3.35. The van der Waals surface area contributed by atoms with Crippen molar-refractivity contribution in [1.29, 1.82) is 0 Å². The van der Waals surface area contributed by atoms with Crippen LogP contribution >= 0.6 is 0 Å². The highest BCUT2D eigenvalue weighted by Crippen LogP contribution is 1.97. The molecule has 0 radical (unpaired) electrons. The molecule has 14 heavy (non-hydrogen) atoms. The predicted octanol–water partition coefficient (Wildman–Crippen LogP) is -0.0553. The van der Waals surface area contributed by atoms with Gasteiger partial charge in [0.05, 0.1) is 13.2 Å². The fourth-order valence-corrected chi connectivity index (χ4v) is 1.56. The van der Waals surface area contributed by atoms with E-state index in [1.165, 1.54) is 6.54 Å². The van der Waals surface area contributed by atoms with Crippen molar-refractivity contribution in [3.63, 3.8) is 0 Å². The van der Waals surface area contributed by atoms with Gasteiger partial charge >= 0.3 is 0 Å². The van der Waals surface area contributed by atoms with Crippen LogP contribution in [-0.4, -0.2) is 64.6 Å². The van der Waals surface area contributed by atoms with Crippen molar-refractivity contribution in [1.82, 2.24) is 10.2 Å². The molecule has 0 amide bonds. The van der Waals surface area contributed by atoms with Crippen LogP contribution in [0.1, 0.15) is 6.42 Å². The minimum absolute atomic E-state index is 0.795. The highest BCUT2D eigenvalue weighted by molar-refractivity contribution is 4.62. The quantitative estimate of drug-likeness (QED) is 0.612. The molecule has 0 bridgehead atoms. The van der Waals surface area contributed by atoms with Gasteiger partial charge in [0.1, 0.15) is 0 Å². The molecule has 84 valence electrons. The molecule has 0 aromatic rings. The molecule has 1 heterocycles. The zero-order chi connectivity index (χ0) is 10.1. The van der Waals surface area contributed by atoms with Crippen LogP contribution in [0, 0.1) is 0 Å². The lowest BCUT2D eigenvalue weighted by Gasteiger charge is -2.18. The molecule has 0 spiro atoms. The van der Waals surface area contributed by atoms with E-state index in [0.29, 0.717) is 0 Å². The molecule has 1 rings (SSSR count). The summed E-state index contributed by atoms with van der Waals surface area (Å²) in [7, 11) is 1.73. The standard InChI is InChI=1S/C10H22N2O2/c1-13-9-4-11-3-6-12-5-2-8-14-10-7-12/h11H,2-10H2,1H3. The average Bonchev–Trinajstić information content (AvgIpc) is 2.46. The van der Waals surface area contributed by atoms with Gasteiger partial charge in [0.15, 0.2) is 0 Å². The van der Waals surface area contributed by atoms with E-state index >= 15 is 0 Å². The van der Waals surface area contributed by atoms with E-state index in [0.717, 1.165) is 52.4 Å². The molecule has 0 aliphatic carbocycles. The van der Waals surface area contributed by atoms with Gasteiger partial charge in [0.2, 0.25) is 0 Å². The van der Waals surface area contributed by atoms with Gasteiger partial charge in [-0.3, -0.25) is 4.90 Å². The molecule has 0 aromatic heterocycles. The van der Waals surface area contributed by atoms with E-state index < -0.39 is 0 Å². The van der Waals surface area contributed by atoms with Crippen LogP contribution in [0.25, 0.3) is 0 Å². The van der Waals surface area contributed by atoms with Gasteiger partial charge in [-0.15, -0.1) is 0 Å². The lowest BCUT2D eigenvalue weighted by molar-refractivity contribution is 0.141. The van der Waals surface area contributed by atoms with Crippen LogP contribution in [-0.2, 0) is 9.47 Å². The number of rotatable bonds is 6. The molecule has 1 aliphatic heterocycles. The smallest absolute Gasteiger partial charge is 0.0593 e. The second-order valence-corrected chi connectivity index (χ2v) is 3.55. The Kier molecular flexibility index (Phi) is 6.95. The zero-order valence-electron chi connectivity index (χ0n) is 9.13. The second-order valence-electron chi connectivity index (χ2n) is 3.55. The molecular weight excluding hydrogens is 180 g/mol. The van der Waals surface area contributed by atoms with E-state index in [1.54, 1.807) is 7.11 Å². The summed E-state index contributed by atoms with van der Waals surface area (Å²) in [5.41, 5.74) is 0. The van der Waals surface area contributed by atoms with Gasteiger partial charge in [-0.05, 0) is 6.42 Å². The molecule has 4 heteroatoms. The summed E-state index contributed by atoms with van der Waals surface area (Å²) < 4.78 is 10.3. The molecule has 0 atom stereocenters. The lowest BCUT2D eigenvalue weighted by atomic mass is 10.4. The van der Waals surface area contributed by atoms with Gasteiger partial charge < -0.3 is 14.8 Å². The highest BCUT2D eigenvalue weighted by Gasteiger charge is 2.07. The number of methoxy groups -OCH3 is 1. The highest BCUT2D eigenvalue weighted by atomic mass is 16.5. The third-order valence-electron chi connectivity index (χ3n) is 2.40. The zero-order valence-corrected chi connectivity index (χ0v) is 9.13. The Morgan fingerprint density at radius 2 is 2.21 bits per heavy atom. The summed E-state index contributed by atoms with van der Waals surface area (Å²) >= 11 is 0. The molecule has 1 fully saturated rings. The summed E-state index contributed by atoms with van der Waals surface area (Å²) in [5.74, 6) is 0. The fraction of sp³-hybridized carbons (Fsp3) is 1.00. The topological polar surface area (TPSA) is 33.7 Å². The Balaban J connectivity index is 1.93. The third-order valence-corrected chi connectivity index (χ3v) is 2.40. The number of nitrogens with zero attached hydrogens (tertiary/aromatic N) is 1. The summed E-state index contributed by atoms with van der Waals surface area (Å²) in [4.78, 5) is 2.45. The van der Waals surface area contributed by atoms with E-state index in [9.17, 15) is 0 Å². The van der Waals surface area contributed by atoms with E-state index in [-0.39, 0.29) is 0 Å². The van der Waals surface area contributed by atoms with Gasteiger partial charge in [0.25, 0.3) is 0 Å². The van der Waals surface area contributed by atoms with E-state index in [2.05, 4.69) is 10.2 Å². The fourth-order valence-electron chi connectivity index (χ4n) is 1.56. The Morgan fingerprint density at radius 1 is 1.29 bits per heavy atom. The summed E-state index contributed by atoms with van der Waals surface area (Å²) in [6.45, 7) is 7.96.